The van der Waals surface area contributed by atoms with Crippen molar-refractivity contribution < 1.29 is 52.9 Å². The molecule has 2 saturated heterocycles. The maximum Gasteiger partial charge on any atom is 0.407 e. The highest BCUT2D eigenvalue weighted by Crippen LogP contribution is 2.44. The molecule has 0 radical (unpaired) electrons. The average molecular weight is 1280 g/mol. The van der Waals surface area contributed by atoms with Crippen molar-refractivity contribution in [3.63, 3.8) is 0 Å². The van der Waals surface area contributed by atoms with E-state index in [2.05, 4.69) is 57.1 Å². The molecule has 0 bridgehead atoms. The van der Waals surface area contributed by atoms with Gasteiger partial charge in [0.2, 0.25) is 17.7 Å². The highest BCUT2D eigenvalue weighted by atomic mass is 32.1. The van der Waals surface area contributed by atoms with E-state index in [1.165, 1.54) is 25.6 Å². The van der Waals surface area contributed by atoms with Crippen molar-refractivity contribution in [3.05, 3.63) is 114 Å². The zero-order chi connectivity index (χ0) is 64.3. The molecule has 0 spiro atoms. The van der Waals surface area contributed by atoms with E-state index in [1.807, 2.05) is 76.7 Å². The number of likely N-dealkylation sites (tertiary alicyclic amines) is 2. The lowest BCUT2D eigenvalue weighted by atomic mass is 9.80. The first-order valence-corrected chi connectivity index (χ1v) is 33.8. The molecule has 5 aliphatic rings. The van der Waals surface area contributed by atoms with Crippen LogP contribution in [0.5, 0.6) is 0 Å². The maximum absolute atomic E-state index is 14.5. The van der Waals surface area contributed by atoms with Gasteiger partial charge in [0.15, 0.2) is 0 Å². The zero-order valence-corrected chi connectivity index (χ0v) is 53.7. The van der Waals surface area contributed by atoms with Crippen LogP contribution in [0.3, 0.4) is 0 Å². The molecule has 2 aliphatic heterocycles. The summed E-state index contributed by atoms with van der Waals surface area (Å²) in [6, 6.07) is 26.5. The van der Waals surface area contributed by atoms with Gasteiger partial charge in [0.05, 0.1) is 62.4 Å². The highest BCUT2D eigenvalue weighted by Gasteiger charge is 2.48. The third kappa shape index (κ3) is 15.0. The fraction of sp³-hybridized carbons (Fsp3) is 0.500. The number of carbonyl (C=O) groups is 7. The van der Waals surface area contributed by atoms with Gasteiger partial charge in [-0.2, -0.15) is 0 Å². The summed E-state index contributed by atoms with van der Waals surface area (Å²) in [6.45, 7) is 3.87. The van der Waals surface area contributed by atoms with E-state index in [0.717, 1.165) is 133 Å². The van der Waals surface area contributed by atoms with Crippen molar-refractivity contribution in [2.24, 2.45) is 17.8 Å². The van der Waals surface area contributed by atoms with E-state index < -0.39 is 35.8 Å². The molecule has 11 rings (SSSR count). The van der Waals surface area contributed by atoms with Crippen LogP contribution in [0.1, 0.15) is 169 Å². The van der Waals surface area contributed by atoms with Gasteiger partial charge in [0.25, 0.3) is 0 Å². The number of imidazole rings is 2. The molecule has 0 unspecified atom stereocenters. The summed E-state index contributed by atoms with van der Waals surface area (Å²) in [5, 5.41) is 18.9. The number of carboxylic acid groups (broad SMARTS) is 1. The van der Waals surface area contributed by atoms with Crippen molar-refractivity contribution in [2.75, 3.05) is 45.4 Å². The third-order valence-corrected chi connectivity index (χ3v) is 20.9. The second kappa shape index (κ2) is 29.8. The first kappa shape index (κ1) is 65.0. The van der Waals surface area contributed by atoms with Crippen LogP contribution in [-0.4, -0.2) is 135 Å². The van der Waals surface area contributed by atoms with E-state index in [1.54, 1.807) is 11.1 Å². The standard InChI is InChI=1S/C70H86N10O11S/c1-44-18-22-51(23-19-44)63(81)80(58-41-59(92-60(58)65(83)84)50-13-5-4-6-14-50)52-32-20-45(21-33-52)34-40-91-67(86)71-37-10-7-15-53(76-68(87)89-2)64(82)78-38-11-16-56(78)61-72-42-54(74-61)48-28-24-46(25-29-48)47-26-30-49(31-27-47)55-43-73-62(75-55)57-17-12-39-79(57)66(85)70(35-8-9-36-70)77-69(88)90-3/h4-6,13-14,24-31,41-45,51-53,56-57H,7-12,15-23,32-40H2,1-3H3,(H,71,86)(H,72,74)(H,73,75)(H,76,87)(H,77,88)(H,83,84)/t44?,45?,51?,52?,53-,56-,57-/m0/s1. The van der Waals surface area contributed by atoms with E-state index in [4.69, 9.17) is 24.2 Å². The van der Waals surface area contributed by atoms with Gasteiger partial charge in [0.1, 0.15) is 28.1 Å². The van der Waals surface area contributed by atoms with E-state index in [-0.39, 0.29) is 59.2 Å². The molecule has 488 valence electrons. The number of rotatable bonds is 22. The second-order valence-corrected chi connectivity index (χ2v) is 26.7. The van der Waals surface area contributed by atoms with Gasteiger partial charge >= 0.3 is 24.2 Å². The number of carboxylic acids is 1. The van der Waals surface area contributed by atoms with Crippen molar-refractivity contribution in [3.8, 4) is 44.1 Å². The molecule has 22 heteroatoms. The largest absolute Gasteiger partial charge is 0.477 e. The molecule has 6 aromatic rings. The van der Waals surface area contributed by atoms with E-state index in [9.17, 15) is 38.7 Å². The summed E-state index contributed by atoms with van der Waals surface area (Å²) < 4.78 is 15.4. The molecule has 3 aliphatic carbocycles. The maximum atomic E-state index is 14.5. The quantitative estimate of drug-likeness (QED) is 0.0273. The van der Waals surface area contributed by atoms with Gasteiger partial charge < -0.3 is 59.9 Å². The molecule has 5 fully saturated rings. The lowest BCUT2D eigenvalue weighted by molar-refractivity contribution is -0.139. The van der Waals surface area contributed by atoms with Gasteiger partial charge in [-0.3, -0.25) is 14.4 Å². The smallest absolute Gasteiger partial charge is 0.407 e. The Bertz CT molecular complexity index is 3530. The molecule has 3 aromatic heterocycles. The fourth-order valence-electron chi connectivity index (χ4n) is 14.5. The van der Waals surface area contributed by atoms with Crippen LogP contribution in [0.15, 0.2) is 97.3 Å². The molecule has 5 heterocycles. The highest BCUT2D eigenvalue weighted by molar-refractivity contribution is 7.18. The van der Waals surface area contributed by atoms with Crippen molar-refractivity contribution in [1.29, 1.82) is 0 Å². The lowest BCUT2D eigenvalue weighted by Gasteiger charge is -2.39. The van der Waals surface area contributed by atoms with Crippen LogP contribution in [0.2, 0.25) is 0 Å². The number of unbranched alkanes of at least 4 members (excludes halogenated alkanes) is 1. The number of aromatic carboxylic acids is 1. The minimum absolute atomic E-state index is 0.0304. The number of nitrogens with zero attached hydrogens (tertiary/aromatic N) is 5. The zero-order valence-electron chi connectivity index (χ0n) is 52.9. The minimum atomic E-state index is -1.03. The third-order valence-electron chi connectivity index (χ3n) is 19.7. The number of anilines is 1. The Morgan fingerprint density at radius 3 is 1.87 bits per heavy atom. The Labute approximate surface area is 541 Å². The molecule has 6 N–H and O–H groups in total. The Kier molecular flexibility index (Phi) is 21.1. The monoisotopic (exact) mass is 1270 g/mol. The number of ether oxygens (including phenoxy) is 3. The predicted molar refractivity (Wildman–Crippen MR) is 349 cm³/mol. The molecule has 3 aromatic carbocycles. The first-order valence-electron chi connectivity index (χ1n) is 33.0. The number of aromatic nitrogens is 4. The number of thiophene rings is 1. The first-order chi connectivity index (χ1) is 44.7. The van der Waals surface area contributed by atoms with Crippen LogP contribution in [0.25, 0.3) is 44.1 Å². The number of amides is 6. The molecule has 3 atom stereocenters. The van der Waals surface area contributed by atoms with E-state index in [0.29, 0.717) is 82.0 Å². The second-order valence-electron chi connectivity index (χ2n) is 25.6. The van der Waals surface area contributed by atoms with Gasteiger partial charge in [-0.25, -0.2) is 29.1 Å². The number of carbonyl (C=O) groups excluding carboxylic acids is 6. The van der Waals surface area contributed by atoms with Crippen LogP contribution in [0.4, 0.5) is 20.1 Å². The summed E-state index contributed by atoms with van der Waals surface area (Å²) in [4.78, 5) is 116. The van der Waals surface area contributed by atoms with E-state index >= 15 is 0 Å². The van der Waals surface area contributed by atoms with Crippen molar-refractivity contribution >= 4 is 59.0 Å². The van der Waals surface area contributed by atoms with Crippen LogP contribution >= 0.6 is 11.3 Å². The number of nitrogens with one attached hydrogen (secondary N) is 5. The summed E-state index contributed by atoms with van der Waals surface area (Å²) in [7, 11) is 2.58. The molecule has 6 amide bonds. The Morgan fingerprint density at radius 1 is 0.685 bits per heavy atom. The molecular weight excluding hydrogens is 1190 g/mol. The predicted octanol–water partition coefficient (Wildman–Crippen LogP) is 13.0. The van der Waals surface area contributed by atoms with Crippen LogP contribution in [0, 0.1) is 17.8 Å². The number of hydrogen-bond acceptors (Lipinski definition) is 13. The Morgan fingerprint density at radius 2 is 1.27 bits per heavy atom. The summed E-state index contributed by atoms with van der Waals surface area (Å²) in [5.74, 6) is 0.788. The SMILES string of the molecule is COC(=O)N[C@@H](CCCCNC(=O)OCCC1CCC(N(C(=O)C2CCC(C)CC2)c2cc(-c3ccccc3)sc2C(=O)O)CC1)C(=O)N1CCC[C@H]1c1ncc(-c2ccc(-c3ccc(-c4cnc([C@@H]5CCCN5C(=O)C5(NC(=O)OC)CCCC5)[nH]4)cc3)cc2)[nH]1. The number of alkyl carbamates (subject to hydrolysis) is 3. The number of benzene rings is 3. The number of methoxy groups -OCH3 is 2. The molecule has 92 heavy (non-hydrogen) atoms. The van der Waals surface area contributed by atoms with Crippen molar-refractivity contribution in [2.45, 2.75) is 165 Å². The fourth-order valence-corrected chi connectivity index (χ4v) is 15.5. The van der Waals surface area contributed by atoms with Gasteiger partial charge in [-0.1, -0.05) is 98.6 Å². The number of hydrogen-bond donors (Lipinski definition) is 6. The van der Waals surface area contributed by atoms with Crippen LogP contribution in [-0.2, 0) is 28.6 Å². The van der Waals surface area contributed by atoms with Crippen LogP contribution < -0.4 is 20.9 Å². The lowest BCUT2D eigenvalue weighted by Crippen LogP contribution is -2.58. The molecule has 3 saturated carbocycles. The Balaban J connectivity index is 0.629. The van der Waals surface area contributed by atoms with Gasteiger partial charge in [-0.15, -0.1) is 11.3 Å². The normalized spacial score (nSPS) is 21.5. The number of aromatic amines is 2. The van der Waals surface area contributed by atoms with Crippen molar-refractivity contribution in [1.82, 2.24) is 45.7 Å². The molecule has 21 nitrogen and oxygen atoms in total. The average Bonchev–Trinajstić information content (AvgIpc) is 1.62. The minimum Gasteiger partial charge on any atom is -0.477 e. The summed E-state index contributed by atoms with van der Waals surface area (Å²) >= 11 is 1.22. The topological polar surface area (TPSA) is 271 Å². The summed E-state index contributed by atoms with van der Waals surface area (Å²) in [6.07, 6.45) is 16.5. The van der Waals surface area contributed by atoms with Gasteiger partial charge in [-0.05, 0) is 161 Å². The van der Waals surface area contributed by atoms with Gasteiger partial charge in [0, 0.05) is 36.5 Å². The number of H-pyrrole nitrogens is 2. The Hall–Kier alpha value is -8.53. The molecular formula is C70H86N10O11S. The summed E-state index contributed by atoms with van der Waals surface area (Å²) in [5.41, 5.74) is 6.06.